The van der Waals surface area contributed by atoms with E-state index in [1.807, 2.05) is 13.0 Å². The van der Waals surface area contributed by atoms with Crippen LogP contribution in [-0.2, 0) is 11.3 Å². The van der Waals surface area contributed by atoms with Crippen LogP contribution in [0.25, 0.3) is 0 Å². The third-order valence-corrected chi connectivity index (χ3v) is 4.79. The van der Waals surface area contributed by atoms with Crippen LogP contribution in [0.3, 0.4) is 0 Å². The number of nitrogens with two attached hydrogens (primary N) is 1. The van der Waals surface area contributed by atoms with Gasteiger partial charge in [-0.2, -0.15) is 0 Å². The Morgan fingerprint density at radius 1 is 1.29 bits per heavy atom. The zero-order valence-electron chi connectivity index (χ0n) is 12.6. The van der Waals surface area contributed by atoms with Crippen molar-refractivity contribution in [1.82, 2.24) is 9.97 Å². The quantitative estimate of drug-likeness (QED) is 0.527. The van der Waals surface area contributed by atoms with Gasteiger partial charge in [-0.05, 0) is 43.9 Å². The molecule has 0 saturated heterocycles. The van der Waals surface area contributed by atoms with Gasteiger partial charge in [-0.3, -0.25) is 0 Å². The van der Waals surface area contributed by atoms with Gasteiger partial charge in [-0.1, -0.05) is 6.42 Å². The fourth-order valence-electron chi connectivity index (χ4n) is 3.78. The van der Waals surface area contributed by atoms with Crippen molar-refractivity contribution in [2.24, 2.45) is 23.6 Å². The van der Waals surface area contributed by atoms with Gasteiger partial charge < -0.3 is 15.5 Å². The van der Waals surface area contributed by atoms with E-state index in [-0.39, 0.29) is 0 Å². The summed E-state index contributed by atoms with van der Waals surface area (Å²) in [6, 6.07) is 1.85. The van der Waals surface area contributed by atoms with Gasteiger partial charge >= 0.3 is 0 Å². The molecule has 3 unspecified atom stereocenters. The lowest BCUT2D eigenvalue weighted by Crippen LogP contribution is -2.21. The maximum absolute atomic E-state index is 5.48. The molecule has 2 bridgehead atoms. The van der Waals surface area contributed by atoms with E-state index in [2.05, 4.69) is 20.7 Å². The minimum Gasteiger partial charge on any atom is -0.374 e. The highest BCUT2D eigenvalue weighted by molar-refractivity contribution is 5.46. The molecule has 6 heteroatoms. The van der Waals surface area contributed by atoms with Gasteiger partial charge in [0.25, 0.3) is 0 Å². The maximum atomic E-state index is 5.48. The predicted molar refractivity (Wildman–Crippen MR) is 82.6 cm³/mol. The van der Waals surface area contributed by atoms with Gasteiger partial charge in [0.1, 0.15) is 18.2 Å². The van der Waals surface area contributed by atoms with Gasteiger partial charge in [0, 0.05) is 19.2 Å². The summed E-state index contributed by atoms with van der Waals surface area (Å²) in [6.45, 7) is 4.02. The Hall–Kier alpha value is -1.40. The third kappa shape index (κ3) is 3.44. The Labute approximate surface area is 125 Å². The number of nitrogens with zero attached hydrogens (tertiary/aromatic N) is 2. The summed E-state index contributed by atoms with van der Waals surface area (Å²) < 4.78 is 5.37. The minimum absolute atomic E-state index is 0.412. The topological polar surface area (TPSA) is 85.1 Å². The molecule has 1 heterocycles. The monoisotopic (exact) mass is 291 g/mol. The number of nitrogen functional groups attached to an aromatic ring is 1. The second kappa shape index (κ2) is 6.58. The lowest BCUT2D eigenvalue weighted by molar-refractivity contribution is 0.128. The molecule has 1 aromatic rings. The van der Waals surface area contributed by atoms with Crippen molar-refractivity contribution in [3.63, 3.8) is 0 Å². The SMILES string of the molecule is CCOCc1nc(NN)cc(NCC2CC3CCC2C3)n1. The fourth-order valence-corrected chi connectivity index (χ4v) is 3.78. The zero-order valence-corrected chi connectivity index (χ0v) is 12.6. The van der Waals surface area contributed by atoms with Crippen molar-refractivity contribution in [3.8, 4) is 0 Å². The Balaban J connectivity index is 1.61. The molecule has 3 atom stereocenters. The first-order chi connectivity index (χ1) is 10.3. The molecule has 0 spiro atoms. The Morgan fingerprint density at radius 3 is 2.81 bits per heavy atom. The molecule has 6 nitrogen and oxygen atoms in total. The molecule has 2 aliphatic rings. The van der Waals surface area contributed by atoms with Crippen LogP contribution in [-0.4, -0.2) is 23.1 Å². The van der Waals surface area contributed by atoms with E-state index in [1.54, 1.807) is 0 Å². The largest absolute Gasteiger partial charge is 0.374 e. The van der Waals surface area contributed by atoms with Crippen molar-refractivity contribution >= 4 is 11.6 Å². The van der Waals surface area contributed by atoms with Gasteiger partial charge in [-0.25, -0.2) is 15.8 Å². The molecule has 0 aromatic carbocycles. The molecule has 21 heavy (non-hydrogen) atoms. The zero-order chi connectivity index (χ0) is 14.7. The van der Waals surface area contributed by atoms with Gasteiger partial charge in [0.15, 0.2) is 5.82 Å². The van der Waals surface area contributed by atoms with Crippen LogP contribution in [0, 0.1) is 17.8 Å². The van der Waals surface area contributed by atoms with E-state index in [9.17, 15) is 0 Å². The molecule has 2 saturated carbocycles. The number of hydrogen-bond acceptors (Lipinski definition) is 6. The van der Waals surface area contributed by atoms with E-state index in [4.69, 9.17) is 10.6 Å². The van der Waals surface area contributed by atoms with E-state index in [1.165, 1.54) is 25.7 Å². The summed E-state index contributed by atoms with van der Waals surface area (Å²) >= 11 is 0. The van der Waals surface area contributed by atoms with Crippen LogP contribution >= 0.6 is 0 Å². The minimum atomic E-state index is 0.412. The highest BCUT2D eigenvalue weighted by atomic mass is 16.5. The third-order valence-electron chi connectivity index (χ3n) is 4.79. The summed E-state index contributed by atoms with van der Waals surface area (Å²) in [7, 11) is 0. The number of hydrazine groups is 1. The summed E-state index contributed by atoms with van der Waals surface area (Å²) in [6.07, 6.45) is 5.65. The molecule has 0 amide bonds. The summed E-state index contributed by atoms with van der Waals surface area (Å²) in [5.41, 5.74) is 2.59. The van der Waals surface area contributed by atoms with Crippen molar-refractivity contribution in [3.05, 3.63) is 11.9 Å². The smallest absolute Gasteiger partial charge is 0.158 e. The van der Waals surface area contributed by atoms with Crippen LogP contribution in [0.15, 0.2) is 6.07 Å². The first-order valence-electron chi connectivity index (χ1n) is 7.94. The Kier molecular flexibility index (Phi) is 4.55. The Morgan fingerprint density at radius 2 is 2.14 bits per heavy atom. The molecular formula is C15H25N5O. The van der Waals surface area contributed by atoms with E-state index in [0.29, 0.717) is 24.9 Å². The van der Waals surface area contributed by atoms with Gasteiger partial charge in [-0.15, -0.1) is 0 Å². The number of fused-ring (bicyclic) bond motifs is 2. The molecule has 4 N–H and O–H groups in total. The van der Waals surface area contributed by atoms with E-state index >= 15 is 0 Å². The molecule has 0 radical (unpaired) electrons. The van der Waals surface area contributed by atoms with Crippen LogP contribution in [0.4, 0.5) is 11.6 Å². The first kappa shape index (κ1) is 14.5. The summed E-state index contributed by atoms with van der Waals surface area (Å²) in [4.78, 5) is 8.79. The van der Waals surface area contributed by atoms with Crippen molar-refractivity contribution < 1.29 is 4.74 Å². The predicted octanol–water partition coefficient (Wildman–Crippen LogP) is 2.15. The number of rotatable bonds is 7. The van der Waals surface area contributed by atoms with Crippen molar-refractivity contribution in [2.45, 2.75) is 39.2 Å². The van der Waals surface area contributed by atoms with Gasteiger partial charge in [0.05, 0.1) is 0 Å². The molecule has 2 fully saturated rings. The Bertz CT molecular complexity index is 481. The highest BCUT2D eigenvalue weighted by Crippen LogP contribution is 2.48. The second-order valence-corrected chi connectivity index (χ2v) is 6.15. The average molecular weight is 291 g/mol. The molecule has 2 aliphatic carbocycles. The molecule has 3 rings (SSSR count). The molecule has 116 valence electrons. The number of anilines is 2. The second-order valence-electron chi connectivity index (χ2n) is 6.15. The molecule has 1 aromatic heterocycles. The first-order valence-corrected chi connectivity index (χ1v) is 7.94. The number of nitrogens with one attached hydrogen (secondary N) is 2. The number of hydrogen-bond donors (Lipinski definition) is 3. The summed E-state index contributed by atoms with van der Waals surface area (Å²) in [5, 5.41) is 3.46. The van der Waals surface area contributed by atoms with Crippen LogP contribution in [0.1, 0.15) is 38.4 Å². The molecule has 0 aliphatic heterocycles. The van der Waals surface area contributed by atoms with Crippen LogP contribution < -0.4 is 16.6 Å². The lowest BCUT2D eigenvalue weighted by atomic mass is 9.89. The van der Waals surface area contributed by atoms with E-state index < -0.39 is 0 Å². The van der Waals surface area contributed by atoms with Gasteiger partial charge in [0.2, 0.25) is 0 Å². The van der Waals surface area contributed by atoms with Crippen LogP contribution in [0.5, 0.6) is 0 Å². The number of aromatic nitrogens is 2. The standard InChI is InChI=1S/C15H25N5O/c1-2-21-9-15-18-13(7-14(19-15)20-16)17-8-12-6-10-3-4-11(12)5-10/h7,10-12H,2-6,8-9,16H2,1H3,(H2,17,18,19,20). The van der Waals surface area contributed by atoms with Crippen molar-refractivity contribution in [2.75, 3.05) is 23.9 Å². The lowest BCUT2D eigenvalue weighted by Gasteiger charge is -2.22. The maximum Gasteiger partial charge on any atom is 0.158 e. The van der Waals surface area contributed by atoms with Crippen molar-refractivity contribution in [1.29, 1.82) is 0 Å². The average Bonchev–Trinajstić information content (AvgIpc) is 3.13. The summed E-state index contributed by atoms with van der Waals surface area (Å²) in [5.74, 6) is 10.3. The highest BCUT2D eigenvalue weighted by Gasteiger charge is 2.39. The number of ether oxygens (including phenoxy) is 1. The molecular weight excluding hydrogens is 266 g/mol. The van der Waals surface area contributed by atoms with Crippen LogP contribution in [0.2, 0.25) is 0 Å². The normalized spacial score (nSPS) is 27.0. The fraction of sp³-hybridized carbons (Fsp3) is 0.733. The van der Waals surface area contributed by atoms with E-state index in [0.717, 1.165) is 30.1 Å².